The second kappa shape index (κ2) is 6.96. The predicted octanol–water partition coefficient (Wildman–Crippen LogP) is 4.23. The Bertz CT molecular complexity index is 1010. The molecule has 134 valence electrons. The number of nitrogens with one attached hydrogen (secondary N) is 3. The number of fused-ring (bicyclic) bond motifs is 1. The van der Waals surface area contributed by atoms with Crippen molar-refractivity contribution in [3.8, 4) is 0 Å². The summed E-state index contributed by atoms with van der Waals surface area (Å²) in [7, 11) is 0. The van der Waals surface area contributed by atoms with Crippen LogP contribution in [-0.2, 0) is 6.54 Å². The predicted molar refractivity (Wildman–Crippen MR) is 106 cm³/mol. The third-order valence-corrected chi connectivity index (χ3v) is 4.58. The second-order valence-corrected chi connectivity index (χ2v) is 6.51. The molecule has 0 fully saturated rings. The fourth-order valence-electron chi connectivity index (χ4n) is 3.15. The van der Waals surface area contributed by atoms with Crippen LogP contribution in [0.4, 0.5) is 17.1 Å². The number of hydrogen-bond donors (Lipinski definition) is 3. The molecule has 0 bridgehead atoms. The molecule has 0 aliphatic carbocycles. The highest BCUT2D eigenvalue weighted by Crippen LogP contribution is 2.33. The number of carbonyl (C=O) groups is 2. The van der Waals surface area contributed by atoms with Crippen LogP contribution in [0.25, 0.3) is 0 Å². The van der Waals surface area contributed by atoms with Gasteiger partial charge in [0, 0.05) is 29.0 Å². The molecule has 2 amide bonds. The zero-order chi connectivity index (χ0) is 18.8. The van der Waals surface area contributed by atoms with Crippen LogP contribution < -0.4 is 16.0 Å². The number of anilines is 3. The topological polar surface area (TPSA) is 70.2 Å². The quantitative estimate of drug-likeness (QED) is 0.654. The summed E-state index contributed by atoms with van der Waals surface area (Å²) >= 11 is 0. The lowest BCUT2D eigenvalue weighted by atomic mass is 10.0. The van der Waals surface area contributed by atoms with Crippen LogP contribution in [0.2, 0.25) is 0 Å². The van der Waals surface area contributed by atoms with Gasteiger partial charge in [0.15, 0.2) is 0 Å². The lowest BCUT2D eigenvalue weighted by Gasteiger charge is -2.14. The maximum Gasteiger partial charge on any atom is 0.255 e. The van der Waals surface area contributed by atoms with Crippen molar-refractivity contribution in [1.29, 1.82) is 0 Å². The van der Waals surface area contributed by atoms with Gasteiger partial charge < -0.3 is 16.0 Å². The summed E-state index contributed by atoms with van der Waals surface area (Å²) < 4.78 is 0. The Balaban J connectivity index is 1.64. The first-order chi connectivity index (χ1) is 13.1. The Morgan fingerprint density at radius 1 is 0.926 bits per heavy atom. The molecule has 0 saturated carbocycles. The average molecular weight is 357 g/mol. The van der Waals surface area contributed by atoms with Gasteiger partial charge in [0.1, 0.15) is 0 Å². The van der Waals surface area contributed by atoms with Crippen LogP contribution in [0, 0.1) is 6.92 Å². The molecular formula is C22H19N3O2. The van der Waals surface area contributed by atoms with Gasteiger partial charge in [-0.25, -0.2) is 0 Å². The SMILES string of the molecule is Cc1ccc(C(=O)Nc2ccc(Nc3ccccc3)c3c2C(=O)NC3)cc1. The van der Waals surface area contributed by atoms with Crippen LogP contribution in [0.5, 0.6) is 0 Å². The van der Waals surface area contributed by atoms with Crippen molar-refractivity contribution in [2.75, 3.05) is 10.6 Å². The highest BCUT2D eigenvalue weighted by molar-refractivity contribution is 6.11. The molecule has 27 heavy (non-hydrogen) atoms. The number of aryl methyl sites for hydroxylation is 1. The van der Waals surface area contributed by atoms with Crippen molar-refractivity contribution in [1.82, 2.24) is 5.32 Å². The summed E-state index contributed by atoms with van der Waals surface area (Å²) in [6.45, 7) is 2.40. The molecule has 4 rings (SSSR count). The van der Waals surface area contributed by atoms with E-state index in [1.807, 2.05) is 55.5 Å². The minimum atomic E-state index is -0.235. The lowest BCUT2D eigenvalue weighted by Crippen LogP contribution is -2.17. The molecule has 0 spiro atoms. The van der Waals surface area contributed by atoms with Crippen molar-refractivity contribution in [2.45, 2.75) is 13.5 Å². The van der Waals surface area contributed by atoms with Gasteiger partial charge in [-0.2, -0.15) is 0 Å². The van der Waals surface area contributed by atoms with Crippen LogP contribution in [-0.4, -0.2) is 11.8 Å². The van der Waals surface area contributed by atoms with E-state index in [0.717, 1.165) is 22.5 Å². The Hall–Kier alpha value is -3.60. The van der Waals surface area contributed by atoms with E-state index in [1.165, 1.54) is 0 Å². The highest BCUT2D eigenvalue weighted by atomic mass is 16.2. The maximum atomic E-state index is 12.5. The van der Waals surface area contributed by atoms with Gasteiger partial charge in [-0.1, -0.05) is 35.9 Å². The Labute approximate surface area is 157 Å². The Kier molecular flexibility index (Phi) is 4.34. The van der Waals surface area contributed by atoms with Crippen LogP contribution >= 0.6 is 0 Å². The summed E-state index contributed by atoms with van der Waals surface area (Å²) in [5, 5.41) is 9.05. The standard InChI is InChI=1S/C22H19N3O2/c1-14-7-9-15(10-8-14)21(26)25-19-12-11-18(17-13-23-22(27)20(17)19)24-16-5-3-2-4-6-16/h2-12,24H,13H2,1H3,(H,23,27)(H,25,26). The normalized spacial score (nSPS) is 12.3. The molecule has 0 aromatic heterocycles. The van der Waals surface area contributed by atoms with Gasteiger partial charge in [-0.3, -0.25) is 9.59 Å². The van der Waals surface area contributed by atoms with E-state index in [1.54, 1.807) is 18.2 Å². The molecule has 1 aliphatic heterocycles. The highest BCUT2D eigenvalue weighted by Gasteiger charge is 2.26. The lowest BCUT2D eigenvalue weighted by molar-refractivity contribution is 0.0966. The molecule has 1 heterocycles. The molecule has 0 saturated heterocycles. The van der Waals surface area contributed by atoms with Crippen molar-refractivity contribution in [2.24, 2.45) is 0 Å². The van der Waals surface area contributed by atoms with Gasteiger partial charge in [0.25, 0.3) is 11.8 Å². The molecule has 0 unspecified atom stereocenters. The van der Waals surface area contributed by atoms with Gasteiger partial charge >= 0.3 is 0 Å². The first-order valence-electron chi connectivity index (χ1n) is 8.76. The van der Waals surface area contributed by atoms with E-state index in [4.69, 9.17) is 0 Å². The number of carbonyl (C=O) groups excluding carboxylic acids is 2. The number of para-hydroxylation sites is 1. The number of amides is 2. The smallest absolute Gasteiger partial charge is 0.255 e. The minimum absolute atomic E-state index is 0.180. The van der Waals surface area contributed by atoms with E-state index in [2.05, 4.69) is 16.0 Å². The number of hydrogen-bond acceptors (Lipinski definition) is 3. The first kappa shape index (κ1) is 16.8. The van der Waals surface area contributed by atoms with Crippen molar-refractivity contribution >= 4 is 28.9 Å². The van der Waals surface area contributed by atoms with Gasteiger partial charge in [0.2, 0.25) is 0 Å². The summed E-state index contributed by atoms with van der Waals surface area (Å²) in [5.41, 5.74) is 5.31. The van der Waals surface area contributed by atoms with Crippen LogP contribution in [0.15, 0.2) is 66.7 Å². The van der Waals surface area contributed by atoms with E-state index >= 15 is 0 Å². The molecule has 1 aliphatic rings. The molecule has 0 atom stereocenters. The van der Waals surface area contributed by atoms with Crippen molar-refractivity contribution in [3.05, 3.63) is 89.0 Å². The van der Waals surface area contributed by atoms with Gasteiger partial charge in [-0.05, 0) is 43.3 Å². The van der Waals surface area contributed by atoms with E-state index in [0.29, 0.717) is 23.4 Å². The molecule has 3 aromatic carbocycles. The largest absolute Gasteiger partial charge is 0.355 e. The third-order valence-electron chi connectivity index (χ3n) is 4.58. The van der Waals surface area contributed by atoms with E-state index in [9.17, 15) is 9.59 Å². The van der Waals surface area contributed by atoms with E-state index < -0.39 is 0 Å². The van der Waals surface area contributed by atoms with E-state index in [-0.39, 0.29) is 11.8 Å². The summed E-state index contributed by atoms with van der Waals surface area (Å²) in [4.78, 5) is 24.9. The second-order valence-electron chi connectivity index (χ2n) is 6.51. The molecule has 3 N–H and O–H groups in total. The molecule has 5 nitrogen and oxygen atoms in total. The summed E-state index contributed by atoms with van der Waals surface area (Å²) in [6.07, 6.45) is 0. The number of rotatable bonds is 4. The average Bonchev–Trinajstić information content (AvgIpc) is 3.07. The fourth-order valence-corrected chi connectivity index (χ4v) is 3.15. The van der Waals surface area contributed by atoms with Gasteiger partial charge in [0.05, 0.1) is 11.3 Å². The van der Waals surface area contributed by atoms with Gasteiger partial charge in [-0.15, -0.1) is 0 Å². The molecule has 3 aromatic rings. The zero-order valence-electron chi connectivity index (χ0n) is 14.9. The molecule has 5 heteroatoms. The van der Waals surface area contributed by atoms with Crippen molar-refractivity contribution < 1.29 is 9.59 Å². The summed E-state index contributed by atoms with van der Waals surface area (Å²) in [6, 6.07) is 20.7. The maximum absolute atomic E-state index is 12.5. The summed E-state index contributed by atoms with van der Waals surface area (Å²) in [5.74, 6) is -0.415. The Morgan fingerprint density at radius 3 is 2.37 bits per heavy atom. The third kappa shape index (κ3) is 3.40. The monoisotopic (exact) mass is 357 g/mol. The Morgan fingerprint density at radius 2 is 1.63 bits per heavy atom. The van der Waals surface area contributed by atoms with Crippen LogP contribution in [0.3, 0.4) is 0 Å². The minimum Gasteiger partial charge on any atom is -0.355 e. The molecular weight excluding hydrogens is 338 g/mol. The van der Waals surface area contributed by atoms with Crippen LogP contribution in [0.1, 0.15) is 31.8 Å². The van der Waals surface area contributed by atoms with Crippen molar-refractivity contribution in [3.63, 3.8) is 0 Å². The zero-order valence-corrected chi connectivity index (χ0v) is 14.9. The fraction of sp³-hybridized carbons (Fsp3) is 0.0909. The molecule has 0 radical (unpaired) electrons. The first-order valence-corrected chi connectivity index (χ1v) is 8.76. The number of benzene rings is 3.